The normalized spacial score (nSPS) is 13.3. The average Bonchev–Trinajstić information content (AvgIpc) is 2.90. The monoisotopic (exact) mass is 571 g/mol. The maximum atomic E-state index is 14.3. The van der Waals surface area contributed by atoms with Gasteiger partial charge in [0.2, 0.25) is 0 Å². The number of hydrogen-bond acceptors (Lipinski definition) is 5. The number of aliphatic hydroxyl groups excluding tert-OH is 3. The van der Waals surface area contributed by atoms with Crippen molar-refractivity contribution in [3.05, 3.63) is 0 Å². The van der Waals surface area contributed by atoms with Gasteiger partial charge in [-0.2, -0.15) is 0 Å². The van der Waals surface area contributed by atoms with Crippen molar-refractivity contribution in [1.82, 2.24) is 0 Å². The Hall–Kier alpha value is -0.650. The van der Waals surface area contributed by atoms with E-state index in [9.17, 15) is 20.1 Å². The lowest BCUT2D eigenvalue weighted by Crippen LogP contribution is -2.60. The number of ether oxygens (including phenoxy) is 1. The molecule has 0 aliphatic rings. The van der Waals surface area contributed by atoms with Crippen molar-refractivity contribution in [2.24, 2.45) is 39.9 Å². The fraction of sp³-hybridized carbons (Fsp3) is 0.971. The number of hydrogen-bond donors (Lipinski definition) is 3. The molecular formula is C35H70O5. The summed E-state index contributed by atoms with van der Waals surface area (Å²) in [5.41, 5.74) is -2.24. The molecule has 5 nitrogen and oxygen atoms in total. The first-order chi connectivity index (χ1) is 18.9. The summed E-state index contributed by atoms with van der Waals surface area (Å²) in [7, 11) is 0. The predicted octanol–water partition coefficient (Wildman–Crippen LogP) is 8.57. The minimum absolute atomic E-state index is 0.0403. The Morgan fingerprint density at radius 1 is 0.575 bits per heavy atom. The second kappa shape index (κ2) is 20.3. The molecule has 0 atom stereocenters. The standard InChI is InChI=1S/C35H70O5/c1-10-11-12-13-14-15-16-17-18-19-20-21-22-23-34(28(2)3,29(4)5)35(30(6)7,31(8)9)32(39)40-27-33(24-36,25-37)26-38/h28-31,36-38H,10-27H2,1-9H3. The Bertz CT molecular complexity index is 611. The molecule has 40 heavy (non-hydrogen) atoms. The van der Waals surface area contributed by atoms with E-state index in [2.05, 4.69) is 62.3 Å². The van der Waals surface area contributed by atoms with E-state index >= 15 is 0 Å². The molecule has 3 N–H and O–H groups in total. The summed E-state index contributed by atoms with van der Waals surface area (Å²) in [6.07, 6.45) is 18.1. The van der Waals surface area contributed by atoms with Crippen LogP contribution in [0.5, 0.6) is 0 Å². The molecule has 0 amide bonds. The van der Waals surface area contributed by atoms with Gasteiger partial charge in [0.05, 0.1) is 30.7 Å². The number of unbranched alkanes of at least 4 members (excludes halogenated alkanes) is 12. The Balaban J connectivity index is 5.48. The smallest absolute Gasteiger partial charge is 0.313 e. The van der Waals surface area contributed by atoms with E-state index < -0.39 is 30.7 Å². The van der Waals surface area contributed by atoms with Gasteiger partial charge in [-0.25, -0.2) is 0 Å². The lowest BCUT2D eigenvalue weighted by atomic mass is 9.44. The Kier molecular flexibility index (Phi) is 20.0. The van der Waals surface area contributed by atoms with Gasteiger partial charge >= 0.3 is 5.97 Å². The first-order valence-corrected chi connectivity index (χ1v) is 16.9. The maximum absolute atomic E-state index is 14.3. The Labute approximate surface area is 249 Å². The zero-order valence-electron chi connectivity index (χ0n) is 28.2. The summed E-state index contributed by atoms with van der Waals surface area (Å²) >= 11 is 0. The van der Waals surface area contributed by atoms with Gasteiger partial charge in [0.1, 0.15) is 6.61 Å². The average molecular weight is 571 g/mol. The van der Waals surface area contributed by atoms with Crippen molar-refractivity contribution in [2.45, 2.75) is 152 Å². The highest BCUT2D eigenvalue weighted by atomic mass is 16.5. The van der Waals surface area contributed by atoms with Crippen molar-refractivity contribution in [3.63, 3.8) is 0 Å². The van der Waals surface area contributed by atoms with E-state index in [0.717, 1.165) is 12.8 Å². The van der Waals surface area contributed by atoms with Crippen LogP contribution in [0.25, 0.3) is 0 Å². The van der Waals surface area contributed by atoms with Crippen LogP contribution in [0.1, 0.15) is 152 Å². The number of aliphatic hydroxyl groups is 3. The first-order valence-electron chi connectivity index (χ1n) is 16.9. The molecular weight excluding hydrogens is 500 g/mol. The molecule has 0 spiro atoms. The van der Waals surface area contributed by atoms with Crippen molar-refractivity contribution < 1.29 is 24.9 Å². The summed E-state index contributed by atoms with van der Waals surface area (Å²) in [5, 5.41) is 29.5. The van der Waals surface area contributed by atoms with E-state index in [0.29, 0.717) is 0 Å². The first kappa shape index (κ1) is 39.4. The van der Waals surface area contributed by atoms with Crippen LogP contribution in [0, 0.1) is 39.9 Å². The molecule has 0 aromatic heterocycles. The van der Waals surface area contributed by atoms with Crippen molar-refractivity contribution in [3.8, 4) is 0 Å². The largest absolute Gasteiger partial charge is 0.464 e. The van der Waals surface area contributed by atoms with Crippen molar-refractivity contribution in [2.75, 3.05) is 26.4 Å². The van der Waals surface area contributed by atoms with Crippen LogP contribution >= 0.6 is 0 Å². The van der Waals surface area contributed by atoms with Gasteiger partial charge in [-0.05, 0) is 35.5 Å². The lowest BCUT2D eigenvalue weighted by Gasteiger charge is -2.59. The highest BCUT2D eigenvalue weighted by molar-refractivity contribution is 5.79. The van der Waals surface area contributed by atoms with Crippen LogP contribution in [0.2, 0.25) is 0 Å². The molecule has 0 fully saturated rings. The number of esters is 1. The highest BCUT2D eigenvalue weighted by Gasteiger charge is 2.62. The van der Waals surface area contributed by atoms with Gasteiger partial charge in [0.15, 0.2) is 0 Å². The summed E-state index contributed by atoms with van der Waals surface area (Å²) in [4.78, 5) is 14.3. The van der Waals surface area contributed by atoms with E-state index in [-0.39, 0.29) is 41.7 Å². The molecule has 0 saturated heterocycles. The molecule has 0 heterocycles. The fourth-order valence-corrected chi connectivity index (χ4v) is 7.87. The molecule has 0 aliphatic heterocycles. The minimum atomic E-state index is -1.23. The van der Waals surface area contributed by atoms with Crippen LogP contribution in [-0.4, -0.2) is 47.7 Å². The predicted molar refractivity (Wildman–Crippen MR) is 169 cm³/mol. The van der Waals surface area contributed by atoms with Crippen LogP contribution < -0.4 is 0 Å². The molecule has 0 unspecified atom stereocenters. The Morgan fingerprint density at radius 3 is 1.23 bits per heavy atom. The van der Waals surface area contributed by atoms with Gasteiger partial charge in [0.25, 0.3) is 0 Å². The molecule has 0 bridgehead atoms. The highest BCUT2D eigenvalue weighted by Crippen LogP contribution is 2.61. The third kappa shape index (κ3) is 10.3. The number of carbonyl (C=O) groups excluding carboxylic acids is 1. The minimum Gasteiger partial charge on any atom is -0.464 e. The molecule has 0 aliphatic carbocycles. The fourth-order valence-electron chi connectivity index (χ4n) is 7.87. The van der Waals surface area contributed by atoms with E-state index in [1.165, 1.54) is 77.0 Å². The molecule has 0 saturated carbocycles. The van der Waals surface area contributed by atoms with Gasteiger partial charge in [0, 0.05) is 0 Å². The van der Waals surface area contributed by atoms with Crippen LogP contribution in [0.15, 0.2) is 0 Å². The zero-order valence-corrected chi connectivity index (χ0v) is 28.2. The van der Waals surface area contributed by atoms with Gasteiger partial charge in [-0.1, -0.05) is 146 Å². The summed E-state index contributed by atoms with van der Waals surface area (Å²) in [5.74, 6) is 0.354. The van der Waals surface area contributed by atoms with E-state index in [4.69, 9.17) is 4.74 Å². The SMILES string of the molecule is CCCCCCCCCCCCCCCC(C(C)C)(C(C)C)C(C(=O)OCC(CO)(CO)CO)(C(C)C)C(C)C. The molecule has 0 rings (SSSR count). The van der Waals surface area contributed by atoms with Crippen LogP contribution in [-0.2, 0) is 9.53 Å². The number of rotatable bonds is 25. The van der Waals surface area contributed by atoms with Crippen molar-refractivity contribution in [1.29, 1.82) is 0 Å². The van der Waals surface area contributed by atoms with Crippen LogP contribution in [0.4, 0.5) is 0 Å². The quantitative estimate of drug-likeness (QED) is 0.0756. The third-order valence-corrected chi connectivity index (χ3v) is 10.2. The maximum Gasteiger partial charge on any atom is 0.313 e. The molecule has 0 aromatic rings. The second-order valence-electron chi connectivity index (χ2n) is 14.1. The topological polar surface area (TPSA) is 87.0 Å². The molecule has 0 radical (unpaired) electrons. The summed E-state index contributed by atoms with van der Waals surface area (Å²) in [6, 6.07) is 0. The van der Waals surface area contributed by atoms with E-state index in [1.807, 2.05) is 0 Å². The summed E-state index contributed by atoms with van der Waals surface area (Å²) in [6.45, 7) is 18.3. The van der Waals surface area contributed by atoms with Gasteiger partial charge < -0.3 is 20.1 Å². The zero-order chi connectivity index (χ0) is 30.8. The Morgan fingerprint density at radius 2 is 0.925 bits per heavy atom. The van der Waals surface area contributed by atoms with Gasteiger partial charge in [-0.15, -0.1) is 0 Å². The van der Waals surface area contributed by atoms with Crippen LogP contribution in [0.3, 0.4) is 0 Å². The van der Waals surface area contributed by atoms with Gasteiger partial charge in [-0.3, -0.25) is 4.79 Å². The third-order valence-electron chi connectivity index (χ3n) is 10.2. The number of carbonyl (C=O) groups is 1. The lowest BCUT2D eigenvalue weighted by molar-refractivity contribution is -0.198. The second-order valence-corrected chi connectivity index (χ2v) is 14.1. The molecule has 0 aromatic carbocycles. The van der Waals surface area contributed by atoms with Crippen molar-refractivity contribution >= 4 is 5.97 Å². The van der Waals surface area contributed by atoms with E-state index in [1.54, 1.807) is 0 Å². The summed E-state index contributed by atoms with van der Waals surface area (Å²) < 4.78 is 5.97. The molecule has 5 heteroatoms. The molecule has 240 valence electrons.